The first-order chi connectivity index (χ1) is 21.4. The average Bonchev–Trinajstić information content (AvgIpc) is 3.04. The van der Waals surface area contributed by atoms with Gasteiger partial charge >= 0.3 is 6.03 Å². The maximum atomic E-state index is 13.9. The van der Waals surface area contributed by atoms with Crippen molar-refractivity contribution < 1.29 is 9.53 Å². The summed E-state index contributed by atoms with van der Waals surface area (Å²) in [6.45, 7) is 20.6. The quantitative estimate of drug-likeness (QED) is 0.155. The van der Waals surface area contributed by atoms with Gasteiger partial charge in [0.15, 0.2) is 0 Å². The van der Waals surface area contributed by atoms with Gasteiger partial charge in [-0.25, -0.2) is 4.79 Å². The van der Waals surface area contributed by atoms with Crippen LogP contribution in [0.4, 0.5) is 10.5 Å². The fraction of sp³-hybridized carbons (Fsp3) is 0.537. The van der Waals surface area contributed by atoms with Gasteiger partial charge in [0.05, 0.1) is 12.3 Å². The molecule has 2 unspecified atom stereocenters. The van der Waals surface area contributed by atoms with Crippen LogP contribution < -0.4 is 10.1 Å². The zero-order valence-corrected chi connectivity index (χ0v) is 29.1. The lowest BCUT2D eigenvalue weighted by molar-refractivity contribution is -0.00954. The number of hydrogen-bond acceptors (Lipinski definition) is 2. The van der Waals surface area contributed by atoms with E-state index in [4.69, 9.17) is 4.74 Å². The Morgan fingerprint density at radius 3 is 2.40 bits per heavy atom. The summed E-state index contributed by atoms with van der Waals surface area (Å²) in [6, 6.07) is 21.2. The monoisotopic (exact) mass is 608 g/mol. The van der Waals surface area contributed by atoms with Gasteiger partial charge in [0.25, 0.3) is 0 Å². The molecule has 1 fully saturated rings. The molecule has 0 aromatic heterocycles. The molecule has 3 aliphatic rings. The summed E-state index contributed by atoms with van der Waals surface area (Å²) in [4.78, 5) is 15.9. The molecule has 1 saturated carbocycles. The minimum absolute atomic E-state index is 0.0199. The highest BCUT2D eigenvalue weighted by molar-refractivity contribution is 6.01. The van der Waals surface area contributed by atoms with Crippen LogP contribution in [0, 0.1) is 17.3 Å². The SMILES string of the molecule is CCC(C)(C)c1ccc(OCCCCN(CC2=CCC3CC2C3(C)C)C(=O)Nc2cccc3ccccc23)c(C(C)(C)CC)c1. The van der Waals surface area contributed by atoms with E-state index in [1.807, 2.05) is 29.2 Å². The van der Waals surface area contributed by atoms with Gasteiger partial charge in [-0.05, 0) is 89.7 Å². The Balaban J connectivity index is 1.26. The van der Waals surface area contributed by atoms with E-state index >= 15 is 0 Å². The molecule has 0 saturated heterocycles. The Labute approximate surface area is 272 Å². The van der Waals surface area contributed by atoms with Gasteiger partial charge in [-0.2, -0.15) is 0 Å². The molecule has 0 spiro atoms. The second-order valence-electron chi connectivity index (χ2n) is 15.4. The fourth-order valence-corrected chi connectivity index (χ4v) is 7.24. The normalized spacial score (nSPS) is 19.1. The summed E-state index contributed by atoms with van der Waals surface area (Å²) in [5, 5.41) is 5.47. The molecule has 3 aliphatic carbocycles. The molecule has 3 aromatic carbocycles. The fourth-order valence-electron chi connectivity index (χ4n) is 7.24. The molecule has 4 heteroatoms. The highest BCUT2D eigenvalue weighted by atomic mass is 16.5. The first-order valence-corrected chi connectivity index (χ1v) is 17.4. The van der Waals surface area contributed by atoms with Crippen LogP contribution >= 0.6 is 0 Å². The van der Waals surface area contributed by atoms with Crippen molar-refractivity contribution in [3.8, 4) is 5.75 Å². The second kappa shape index (κ2) is 13.2. The highest BCUT2D eigenvalue weighted by Gasteiger charge is 2.51. The van der Waals surface area contributed by atoms with Crippen molar-refractivity contribution >= 4 is 22.5 Å². The molecule has 2 amide bonds. The molecule has 2 bridgehead atoms. The summed E-state index contributed by atoms with van der Waals surface area (Å²) in [6.07, 6.45) is 8.74. The largest absolute Gasteiger partial charge is 0.493 e. The van der Waals surface area contributed by atoms with E-state index < -0.39 is 0 Å². The second-order valence-corrected chi connectivity index (χ2v) is 15.4. The number of nitrogens with one attached hydrogen (secondary N) is 1. The summed E-state index contributed by atoms with van der Waals surface area (Å²) in [7, 11) is 0. The van der Waals surface area contributed by atoms with Gasteiger partial charge in [-0.15, -0.1) is 0 Å². The molecule has 2 atom stereocenters. The number of carbonyl (C=O) groups excluding carboxylic acids is 1. The zero-order valence-electron chi connectivity index (χ0n) is 29.1. The van der Waals surface area contributed by atoms with Crippen molar-refractivity contribution in [3.63, 3.8) is 0 Å². The number of amides is 2. The van der Waals surface area contributed by atoms with Gasteiger partial charge in [-0.3, -0.25) is 0 Å². The topological polar surface area (TPSA) is 41.6 Å². The van der Waals surface area contributed by atoms with Crippen LogP contribution in [-0.4, -0.2) is 30.6 Å². The zero-order chi connectivity index (χ0) is 32.4. The number of allylic oxidation sites excluding steroid dienone is 1. The van der Waals surface area contributed by atoms with Crippen molar-refractivity contribution in [2.24, 2.45) is 17.3 Å². The number of rotatable bonds is 13. The molecular weight excluding hydrogens is 552 g/mol. The Bertz CT molecular complexity index is 1530. The predicted molar refractivity (Wildman–Crippen MR) is 190 cm³/mol. The molecule has 6 rings (SSSR count). The lowest BCUT2D eigenvalue weighted by atomic mass is 9.49. The number of ether oxygens (including phenoxy) is 1. The lowest BCUT2D eigenvalue weighted by Crippen LogP contribution is -2.50. The smallest absolute Gasteiger partial charge is 0.322 e. The number of hydrogen-bond donors (Lipinski definition) is 1. The first-order valence-electron chi connectivity index (χ1n) is 17.4. The standard InChI is InChI=1S/C41H56N2O2/c1-9-39(3,4)31-22-23-37(35(26-31)40(5,6)10-2)45-25-14-13-24-43(28-30-20-21-32-27-34(30)41(32,7)8)38(44)42-36-19-15-17-29-16-11-12-18-33(29)36/h11-12,15-20,22-23,26,32,34H,9-10,13-14,21,24-25,27-28H2,1-8H3,(H,42,44). The molecule has 1 N–H and O–H groups in total. The van der Waals surface area contributed by atoms with Gasteiger partial charge in [-0.1, -0.05) is 116 Å². The molecule has 4 nitrogen and oxygen atoms in total. The maximum Gasteiger partial charge on any atom is 0.322 e. The number of unbranched alkanes of at least 4 members (excludes halogenated alkanes) is 1. The van der Waals surface area contributed by atoms with Crippen molar-refractivity contribution in [1.82, 2.24) is 4.90 Å². The van der Waals surface area contributed by atoms with E-state index in [9.17, 15) is 4.79 Å². The molecule has 0 radical (unpaired) electrons. The number of carbonyl (C=O) groups is 1. The van der Waals surface area contributed by atoms with E-state index in [1.54, 1.807) is 0 Å². The van der Waals surface area contributed by atoms with Crippen LogP contribution in [0.2, 0.25) is 0 Å². The van der Waals surface area contributed by atoms with Crippen LogP contribution in [0.25, 0.3) is 10.8 Å². The Morgan fingerprint density at radius 2 is 1.69 bits per heavy atom. The van der Waals surface area contributed by atoms with Gasteiger partial charge < -0.3 is 15.0 Å². The van der Waals surface area contributed by atoms with E-state index in [0.29, 0.717) is 31.0 Å². The van der Waals surface area contributed by atoms with Crippen LogP contribution in [0.1, 0.15) is 105 Å². The summed E-state index contributed by atoms with van der Waals surface area (Å²) in [5.41, 5.74) is 5.49. The molecule has 0 aliphatic heterocycles. The number of nitrogens with zero attached hydrogens (tertiary/aromatic N) is 1. The number of benzene rings is 3. The third kappa shape index (κ3) is 6.95. The van der Waals surface area contributed by atoms with Crippen LogP contribution in [0.3, 0.4) is 0 Å². The van der Waals surface area contributed by atoms with Gasteiger partial charge in [0, 0.05) is 24.0 Å². The van der Waals surface area contributed by atoms with E-state index in [0.717, 1.165) is 60.2 Å². The minimum Gasteiger partial charge on any atom is -0.493 e. The molecular formula is C41H56N2O2. The average molecular weight is 609 g/mol. The summed E-state index contributed by atoms with van der Waals surface area (Å²) < 4.78 is 6.48. The molecule has 45 heavy (non-hydrogen) atoms. The Morgan fingerprint density at radius 1 is 0.956 bits per heavy atom. The number of fused-ring (bicyclic) bond motifs is 2. The van der Waals surface area contributed by atoms with Crippen molar-refractivity contribution in [2.75, 3.05) is 25.0 Å². The first kappa shape index (κ1) is 33.1. The number of anilines is 1. The van der Waals surface area contributed by atoms with Crippen LogP contribution in [-0.2, 0) is 10.8 Å². The molecule has 242 valence electrons. The van der Waals surface area contributed by atoms with E-state index in [1.165, 1.54) is 23.1 Å². The minimum atomic E-state index is -0.0199. The van der Waals surface area contributed by atoms with Crippen molar-refractivity contribution in [2.45, 2.75) is 105 Å². The third-order valence-corrected chi connectivity index (χ3v) is 11.6. The van der Waals surface area contributed by atoms with Gasteiger partial charge in [0.2, 0.25) is 0 Å². The van der Waals surface area contributed by atoms with Crippen LogP contribution in [0.5, 0.6) is 5.75 Å². The van der Waals surface area contributed by atoms with Gasteiger partial charge in [0.1, 0.15) is 5.75 Å². The summed E-state index contributed by atoms with van der Waals surface area (Å²) >= 11 is 0. The maximum absolute atomic E-state index is 13.9. The molecule has 0 heterocycles. The molecule has 3 aromatic rings. The lowest BCUT2D eigenvalue weighted by Gasteiger charge is -2.57. The Kier molecular flexibility index (Phi) is 9.73. The Hall–Kier alpha value is -3.27. The van der Waals surface area contributed by atoms with Crippen molar-refractivity contribution in [3.05, 3.63) is 83.4 Å². The van der Waals surface area contributed by atoms with Crippen LogP contribution in [0.15, 0.2) is 72.3 Å². The number of urea groups is 1. The van der Waals surface area contributed by atoms with E-state index in [2.05, 4.69) is 103 Å². The van der Waals surface area contributed by atoms with E-state index in [-0.39, 0.29) is 16.9 Å². The summed E-state index contributed by atoms with van der Waals surface area (Å²) in [5.74, 6) is 2.36. The van der Waals surface area contributed by atoms with Crippen molar-refractivity contribution in [1.29, 1.82) is 0 Å². The predicted octanol–water partition coefficient (Wildman–Crippen LogP) is 10.9. The highest BCUT2D eigenvalue weighted by Crippen LogP contribution is 2.59. The third-order valence-electron chi connectivity index (χ3n) is 11.6.